The molecule has 3 aromatic rings. The Kier molecular flexibility index (Phi) is 5.43. The molecule has 1 aromatic carbocycles. The molecule has 1 aliphatic heterocycles. The van der Waals surface area contributed by atoms with Crippen LogP contribution in [0.25, 0.3) is 10.9 Å². The highest BCUT2D eigenvalue weighted by Crippen LogP contribution is 2.27. The zero-order valence-corrected chi connectivity index (χ0v) is 16.4. The Morgan fingerprint density at radius 1 is 1.39 bits per heavy atom. The fraction of sp³-hybridized carbons (Fsp3) is 0.476. The van der Waals surface area contributed by atoms with Gasteiger partial charge in [0.25, 0.3) is 0 Å². The number of hydrogen-bond acceptors (Lipinski definition) is 4. The second kappa shape index (κ2) is 8.14. The molecule has 0 aliphatic carbocycles. The number of H-pyrrole nitrogens is 1. The summed E-state index contributed by atoms with van der Waals surface area (Å²) in [6.07, 6.45) is 6.23. The Hall–Kier alpha value is -2.67. The number of anilines is 1. The standard InChI is InChI=1S/C21H27N5O2/c1-14(2)26-13-15(16-8-3-4-9-17(16)26)7-5-11-19(27)22-21-23-20(24-25-21)18-10-6-12-28-18/h3-4,8-9,13-14,18H,5-7,10-12H2,1-2H3,(H2,22,23,24,25,27). The number of carbonyl (C=O) groups excluding carboxylic acids is 1. The SMILES string of the molecule is CC(C)n1cc(CCCC(=O)Nc2n[nH]c(C3CCCO3)n2)c2ccccc21. The summed E-state index contributed by atoms with van der Waals surface area (Å²) < 4.78 is 7.87. The van der Waals surface area contributed by atoms with Crippen molar-refractivity contribution in [3.63, 3.8) is 0 Å². The van der Waals surface area contributed by atoms with E-state index in [1.54, 1.807) is 0 Å². The first kappa shape index (κ1) is 18.7. The van der Waals surface area contributed by atoms with Gasteiger partial charge in [-0.25, -0.2) is 0 Å². The van der Waals surface area contributed by atoms with Gasteiger partial charge in [0.15, 0.2) is 5.82 Å². The molecule has 0 spiro atoms. The minimum absolute atomic E-state index is 0.0311. The van der Waals surface area contributed by atoms with Crippen LogP contribution in [0.1, 0.15) is 63.1 Å². The van der Waals surface area contributed by atoms with E-state index in [4.69, 9.17) is 4.74 Å². The number of aryl methyl sites for hydroxylation is 1. The second-order valence-electron chi connectivity index (χ2n) is 7.62. The number of carbonyl (C=O) groups is 1. The van der Waals surface area contributed by atoms with Gasteiger partial charge >= 0.3 is 0 Å². The number of nitrogens with one attached hydrogen (secondary N) is 2. The van der Waals surface area contributed by atoms with Gasteiger partial charge in [-0.3, -0.25) is 15.2 Å². The van der Waals surface area contributed by atoms with Gasteiger partial charge in [0.1, 0.15) is 6.10 Å². The molecule has 7 heteroatoms. The van der Waals surface area contributed by atoms with Crippen molar-refractivity contribution >= 4 is 22.8 Å². The summed E-state index contributed by atoms with van der Waals surface area (Å²) in [6.45, 7) is 5.12. The van der Waals surface area contributed by atoms with Crippen LogP contribution in [0.15, 0.2) is 30.5 Å². The molecule has 2 aromatic heterocycles. The lowest BCUT2D eigenvalue weighted by molar-refractivity contribution is -0.116. The number of fused-ring (bicyclic) bond motifs is 1. The molecule has 1 saturated heterocycles. The highest BCUT2D eigenvalue weighted by Gasteiger charge is 2.21. The monoisotopic (exact) mass is 381 g/mol. The van der Waals surface area contributed by atoms with E-state index in [9.17, 15) is 4.79 Å². The van der Waals surface area contributed by atoms with Crippen molar-refractivity contribution in [1.82, 2.24) is 19.7 Å². The van der Waals surface area contributed by atoms with Gasteiger partial charge in [-0.2, -0.15) is 4.98 Å². The van der Waals surface area contributed by atoms with Gasteiger partial charge in [-0.15, -0.1) is 5.10 Å². The zero-order chi connectivity index (χ0) is 19.5. The van der Waals surface area contributed by atoms with E-state index in [-0.39, 0.29) is 12.0 Å². The molecule has 2 N–H and O–H groups in total. The van der Waals surface area contributed by atoms with Crippen molar-refractivity contribution in [3.8, 4) is 0 Å². The number of amides is 1. The molecule has 0 radical (unpaired) electrons. The summed E-state index contributed by atoms with van der Waals surface area (Å²) in [6, 6.07) is 8.86. The Morgan fingerprint density at radius 2 is 2.25 bits per heavy atom. The van der Waals surface area contributed by atoms with Crippen LogP contribution < -0.4 is 5.32 Å². The maximum atomic E-state index is 12.3. The van der Waals surface area contributed by atoms with Crippen molar-refractivity contribution in [2.75, 3.05) is 11.9 Å². The Balaban J connectivity index is 1.33. The first-order chi connectivity index (χ1) is 13.6. The van der Waals surface area contributed by atoms with Crippen LogP contribution in [0, 0.1) is 0 Å². The molecule has 0 bridgehead atoms. The number of para-hydroxylation sites is 1. The molecule has 0 saturated carbocycles. The van der Waals surface area contributed by atoms with E-state index in [2.05, 4.69) is 69.4 Å². The summed E-state index contributed by atoms with van der Waals surface area (Å²) in [7, 11) is 0. The van der Waals surface area contributed by atoms with E-state index in [1.807, 2.05) is 0 Å². The number of benzene rings is 1. The lowest BCUT2D eigenvalue weighted by atomic mass is 10.1. The van der Waals surface area contributed by atoms with Crippen molar-refractivity contribution in [2.24, 2.45) is 0 Å². The van der Waals surface area contributed by atoms with Crippen molar-refractivity contribution < 1.29 is 9.53 Å². The van der Waals surface area contributed by atoms with Gasteiger partial charge in [0, 0.05) is 36.2 Å². The summed E-state index contributed by atoms with van der Waals surface area (Å²) in [5, 5.41) is 11.0. The number of hydrogen-bond donors (Lipinski definition) is 2. The number of nitrogens with zero attached hydrogens (tertiary/aromatic N) is 3. The Labute approximate surface area is 164 Å². The molecule has 1 atom stereocenters. The van der Waals surface area contributed by atoms with Gasteiger partial charge in [-0.05, 0) is 51.2 Å². The smallest absolute Gasteiger partial charge is 0.248 e. The number of aromatic nitrogens is 4. The summed E-state index contributed by atoms with van der Waals surface area (Å²) >= 11 is 0. The number of aromatic amines is 1. The van der Waals surface area contributed by atoms with Crippen LogP contribution in [0.5, 0.6) is 0 Å². The van der Waals surface area contributed by atoms with E-state index in [0.29, 0.717) is 24.2 Å². The Bertz CT molecular complexity index is 953. The molecule has 4 rings (SSSR count). The maximum absolute atomic E-state index is 12.3. The molecule has 148 valence electrons. The van der Waals surface area contributed by atoms with Crippen molar-refractivity contribution in [3.05, 3.63) is 41.9 Å². The molecular weight excluding hydrogens is 354 g/mol. The lowest BCUT2D eigenvalue weighted by Gasteiger charge is -2.08. The largest absolute Gasteiger partial charge is 0.370 e. The number of rotatable bonds is 7. The van der Waals surface area contributed by atoms with Crippen LogP contribution in [0.4, 0.5) is 5.95 Å². The van der Waals surface area contributed by atoms with Crippen LogP contribution in [0.2, 0.25) is 0 Å². The average Bonchev–Trinajstić information content (AvgIpc) is 3.41. The van der Waals surface area contributed by atoms with E-state index >= 15 is 0 Å². The normalized spacial score (nSPS) is 16.9. The molecule has 28 heavy (non-hydrogen) atoms. The number of ether oxygens (including phenoxy) is 1. The average molecular weight is 381 g/mol. The van der Waals surface area contributed by atoms with Crippen molar-refractivity contribution in [1.29, 1.82) is 0 Å². The molecule has 1 fully saturated rings. The van der Waals surface area contributed by atoms with Crippen LogP contribution in [-0.2, 0) is 16.0 Å². The quantitative estimate of drug-likeness (QED) is 0.644. The third kappa shape index (κ3) is 3.94. The fourth-order valence-corrected chi connectivity index (χ4v) is 3.80. The molecule has 1 aliphatic rings. The van der Waals surface area contributed by atoms with Crippen molar-refractivity contribution in [2.45, 2.75) is 58.1 Å². The highest BCUT2D eigenvalue weighted by molar-refractivity contribution is 5.89. The van der Waals surface area contributed by atoms with E-state index in [1.165, 1.54) is 16.5 Å². The topological polar surface area (TPSA) is 84.8 Å². The fourth-order valence-electron chi connectivity index (χ4n) is 3.80. The van der Waals surface area contributed by atoms with Crippen LogP contribution in [0.3, 0.4) is 0 Å². The van der Waals surface area contributed by atoms with E-state index in [0.717, 1.165) is 32.3 Å². The predicted octanol–water partition coefficient (Wildman–Crippen LogP) is 4.15. The van der Waals surface area contributed by atoms with Crippen LogP contribution in [-0.4, -0.2) is 32.3 Å². The minimum Gasteiger partial charge on any atom is -0.370 e. The zero-order valence-electron chi connectivity index (χ0n) is 16.4. The van der Waals surface area contributed by atoms with Gasteiger partial charge in [0.05, 0.1) is 0 Å². The Morgan fingerprint density at radius 3 is 3.04 bits per heavy atom. The molecule has 1 amide bonds. The summed E-state index contributed by atoms with van der Waals surface area (Å²) in [4.78, 5) is 16.6. The minimum atomic E-state index is -0.0644. The molecule has 3 heterocycles. The predicted molar refractivity (Wildman–Crippen MR) is 108 cm³/mol. The summed E-state index contributed by atoms with van der Waals surface area (Å²) in [5.41, 5.74) is 2.54. The van der Waals surface area contributed by atoms with Crippen LogP contribution >= 0.6 is 0 Å². The second-order valence-corrected chi connectivity index (χ2v) is 7.62. The summed E-state index contributed by atoms with van der Waals surface area (Å²) in [5.74, 6) is 0.951. The third-order valence-corrected chi connectivity index (χ3v) is 5.22. The highest BCUT2D eigenvalue weighted by atomic mass is 16.5. The van der Waals surface area contributed by atoms with E-state index < -0.39 is 0 Å². The van der Waals surface area contributed by atoms with Gasteiger partial charge < -0.3 is 9.30 Å². The molecule has 7 nitrogen and oxygen atoms in total. The lowest BCUT2D eigenvalue weighted by Crippen LogP contribution is -2.12. The van der Waals surface area contributed by atoms with Gasteiger partial charge in [-0.1, -0.05) is 18.2 Å². The first-order valence-electron chi connectivity index (χ1n) is 10.0. The van der Waals surface area contributed by atoms with Gasteiger partial charge in [0.2, 0.25) is 11.9 Å². The first-order valence-corrected chi connectivity index (χ1v) is 10.0. The maximum Gasteiger partial charge on any atom is 0.248 e. The third-order valence-electron chi connectivity index (χ3n) is 5.22. The molecular formula is C21H27N5O2. The molecule has 1 unspecified atom stereocenters.